The smallest absolute Gasteiger partial charge is 0.166 e. The van der Waals surface area contributed by atoms with Crippen LogP contribution in [0.4, 0.5) is 0 Å². The van der Waals surface area contributed by atoms with Crippen LogP contribution < -0.4 is 0 Å². The van der Waals surface area contributed by atoms with Crippen LogP contribution in [0.3, 0.4) is 0 Å². The van der Waals surface area contributed by atoms with Crippen molar-refractivity contribution in [1.29, 1.82) is 0 Å². The van der Waals surface area contributed by atoms with Gasteiger partial charge in [-0.15, -0.1) is 12.3 Å². The van der Waals surface area contributed by atoms with E-state index in [1.807, 2.05) is 14.0 Å². The molecule has 0 N–H and O–H groups in total. The summed E-state index contributed by atoms with van der Waals surface area (Å²) < 4.78 is 1.69. The van der Waals surface area contributed by atoms with E-state index in [9.17, 15) is 4.79 Å². The van der Waals surface area contributed by atoms with Gasteiger partial charge in [0.2, 0.25) is 0 Å². The van der Waals surface area contributed by atoms with Crippen molar-refractivity contribution in [1.82, 2.24) is 9.78 Å². The number of rotatable bonds is 5. The third-order valence-electron chi connectivity index (χ3n) is 2.27. The Morgan fingerprint density at radius 2 is 2.40 bits per heavy atom. The number of aromatic nitrogens is 2. The maximum Gasteiger partial charge on any atom is 0.166 e. The molecule has 0 aliphatic heterocycles. The second kappa shape index (κ2) is 5.35. The van der Waals surface area contributed by atoms with Crippen molar-refractivity contribution < 1.29 is 4.79 Å². The van der Waals surface area contributed by atoms with Crippen LogP contribution in [0.1, 0.15) is 42.2 Å². The molecule has 3 nitrogen and oxygen atoms in total. The number of ketones is 1. The summed E-state index contributed by atoms with van der Waals surface area (Å²) in [6.07, 6.45) is 9.65. The Labute approximate surface area is 90.5 Å². The number of nitrogens with zero attached hydrogens (tertiary/aromatic N) is 2. The predicted molar refractivity (Wildman–Crippen MR) is 59.6 cm³/mol. The molecule has 15 heavy (non-hydrogen) atoms. The number of carbonyl (C=O) groups excluding carboxylic acids is 1. The van der Waals surface area contributed by atoms with Crippen molar-refractivity contribution in [2.75, 3.05) is 0 Å². The lowest BCUT2D eigenvalue weighted by molar-refractivity contribution is 0.0979. The molecule has 1 aromatic heterocycles. The molecule has 0 saturated heterocycles. The topological polar surface area (TPSA) is 34.9 Å². The minimum Gasteiger partial charge on any atom is -0.294 e. The fourth-order valence-electron chi connectivity index (χ4n) is 1.51. The van der Waals surface area contributed by atoms with Gasteiger partial charge < -0.3 is 0 Å². The molecule has 0 aliphatic rings. The highest BCUT2D eigenvalue weighted by molar-refractivity contribution is 5.96. The van der Waals surface area contributed by atoms with Crippen LogP contribution in [0, 0.1) is 12.3 Å². The van der Waals surface area contributed by atoms with Gasteiger partial charge in [0.25, 0.3) is 0 Å². The maximum absolute atomic E-state index is 11.8. The van der Waals surface area contributed by atoms with Gasteiger partial charge in [-0.05, 0) is 12.8 Å². The van der Waals surface area contributed by atoms with Gasteiger partial charge in [-0.25, -0.2) is 0 Å². The number of hydrogen-bond acceptors (Lipinski definition) is 2. The number of terminal acetylenes is 1. The van der Waals surface area contributed by atoms with Gasteiger partial charge in [-0.3, -0.25) is 9.48 Å². The van der Waals surface area contributed by atoms with Gasteiger partial charge >= 0.3 is 0 Å². The van der Waals surface area contributed by atoms with Crippen molar-refractivity contribution >= 4 is 5.78 Å². The Morgan fingerprint density at radius 1 is 1.67 bits per heavy atom. The molecule has 0 fully saturated rings. The molecule has 0 spiro atoms. The summed E-state index contributed by atoms with van der Waals surface area (Å²) in [5.41, 5.74) is 1.63. The first-order chi connectivity index (χ1) is 7.19. The number of carbonyl (C=O) groups is 1. The Kier molecular flexibility index (Phi) is 4.11. The number of hydrogen-bond donors (Lipinski definition) is 0. The van der Waals surface area contributed by atoms with Gasteiger partial charge in [0.05, 0.1) is 11.3 Å². The first kappa shape index (κ1) is 11.5. The summed E-state index contributed by atoms with van der Waals surface area (Å²) in [4.78, 5) is 11.8. The molecule has 0 atom stereocenters. The van der Waals surface area contributed by atoms with Crippen molar-refractivity contribution in [2.45, 2.75) is 32.6 Å². The molecule has 0 amide bonds. The molecule has 1 heterocycles. The van der Waals surface area contributed by atoms with Crippen LogP contribution in [0.15, 0.2) is 6.20 Å². The van der Waals surface area contributed by atoms with Crippen LogP contribution in [-0.4, -0.2) is 15.6 Å². The third-order valence-corrected chi connectivity index (χ3v) is 2.27. The zero-order valence-corrected chi connectivity index (χ0v) is 9.29. The number of Topliss-reactive ketones (excluding diaryl/α,β-unsaturated/α-hetero) is 1. The summed E-state index contributed by atoms with van der Waals surface area (Å²) in [6, 6.07) is 0. The Hall–Kier alpha value is -1.56. The molecule has 3 heteroatoms. The fourth-order valence-corrected chi connectivity index (χ4v) is 1.51. The van der Waals surface area contributed by atoms with Gasteiger partial charge in [0.15, 0.2) is 5.78 Å². The van der Waals surface area contributed by atoms with Crippen molar-refractivity contribution in [2.24, 2.45) is 7.05 Å². The lowest BCUT2D eigenvalue weighted by atomic mass is 10.1. The van der Waals surface area contributed by atoms with E-state index < -0.39 is 0 Å². The summed E-state index contributed by atoms with van der Waals surface area (Å²) in [5.74, 6) is 2.68. The van der Waals surface area contributed by atoms with Gasteiger partial charge in [0.1, 0.15) is 0 Å². The van der Waals surface area contributed by atoms with Crippen LogP contribution in [-0.2, 0) is 13.5 Å². The van der Waals surface area contributed by atoms with Crippen LogP contribution in [0.25, 0.3) is 0 Å². The zero-order chi connectivity index (χ0) is 11.3. The summed E-state index contributed by atoms with van der Waals surface area (Å²) in [6.45, 7) is 2.00. The Morgan fingerprint density at radius 3 is 3.00 bits per heavy atom. The number of unbranched alkanes of at least 4 members (excludes halogenated alkanes) is 1. The molecule has 80 valence electrons. The van der Waals surface area contributed by atoms with E-state index in [1.54, 1.807) is 10.9 Å². The SMILES string of the molecule is C#CCCCC(=O)c1cn(C)nc1CC. The van der Waals surface area contributed by atoms with E-state index >= 15 is 0 Å². The minimum absolute atomic E-state index is 0.148. The second-order valence-electron chi connectivity index (χ2n) is 3.50. The average molecular weight is 204 g/mol. The molecule has 0 radical (unpaired) electrons. The van der Waals surface area contributed by atoms with E-state index in [1.165, 1.54) is 0 Å². The molecule has 0 aliphatic carbocycles. The first-order valence-corrected chi connectivity index (χ1v) is 5.18. The lowest BCUT2D eigenvalue weighted by Crippen LogP contribution is -2.01. The standard InChI is InChI=1S/C12H16N2O/c1-4-6-7-8-12(15)10-9-14(3)13-11(10)5-2/h1,9H,5-8H2,2-3H3. The van der Waals surface area contributed by atoms with Crippen molar-refractivity contribution in [3.63, 3.8) is 0 Å². The quantitative estimate of drug-likeness (QED) is 0.417. The van der Waals surface area contributed by atoms with E-state index in [0.717, 1.165) is 24.1 Å². The minimum atomic E-state index is 0.148. The molecular weight excluding hydrogens is 188 g/mol. The molecule has 0 aromatic carbocycles. The van der Waals surface area contributed by atoms with E-state index in [-0.39, 0.29) is 5.78 Å². The van der Waals surface area contributed by atoms with Gasteiger partial charge in [0, 0.05) is 26.1 Å². The first-order valence-electron chi connectivity index (χ1n) is 5.18. The summed E-state index contributed by atoms with van der Waals surface area (Å²) in [7, 11) is 1.83. The van der Waals surface area contributed by atoms with E-state index in [2.05, 4.69) is 11.0 Å². The molecule has 1 aromatic rings. The summed E-state index contributed by atoms with van der Waals surface area (Å²) in [5, 5.41) is 4.23. The van der Waals surface area contributed by atoms with Gasteiger partial charge in [-0.2, -0.15) is 5.10 Å². The third kappa shape index (κ3) is 2.95. The zero-order valence-electron chi connectivity index (χ0n) is 9.29. The molecule has 1 rings (SSSR count). The predicted octanol–water partition coefficient (Wildman–Crippen LogP) is 1.97. The second-order valence-corrected chi connectivity index (χ2v) is 3.50. The number of aryl methyl sites for hydroxylation is 2. The van der Waals surface area contributed by atoms with Crippen molar-refractivity contribution in [3.05, 3.63) is 17.5 Å². The van der Waals surface area contributed by atoms with Crippen LogP contribution in [0.5, 0.6) is 0 Å². The van der Waals surface area contributed by atoms with Gasteiger partial charge in [-0.1, -0.05) is 6.92 Å². The highest BCUT2D eigenvalue weighted by atomic mass is 16.1. The van der Waals surface area contributed by atoms with Crippen LogP contribution in [0.2, 0.25) is 0 Å². The van der Waals surface area contributed by atoms with Crippen LogP contribution >= 0.6 is 0 Å². The molecular formula is C12H16N2O. The summed E-state index contributed by atoms with van der Waals surface area (Å²) >= 11 is 0. The normalized spacial score (nSPS) is 9.93. The molecule has 0 bridgehead atoms. The fraction of sp³-hybridized carbons (Fsp3) is 0.500. The largest absolute Gasteiger partial charge is 0.294 e. The van der Waals surface area contributed by atoms with E-state index in [0.29, 0.717) is 12.8 Å². The Balaban J connectivity index is 2.69. The average Bonchev–Trinajstić information content (AvgIpc) is 2.60. The lowest BCUT2D eigenvalue weighted by Gasteiger charge is -1.97. The highest BCUT2D eigenvalue weighted by Gasteiger charge is 2.13. The van der Waals surface area contributed by atoms with Crippen molar-refractivity contribution in [3.8, 4) is 12.3 Å². The highest BCUT2D eigenvalue weighted by Crippen LogP contribution is 2.11. The Bertz CT molecular complexity index is 385. The van der Waals surface area contributed by atoms with E-state index in [4.69, 9.17) is 6.42 Å². The monoisotopic (exact) mass is 204 g/mol. The maximum atomic E-state index is 11.8. The molecule has 0 saturated carbocycles. The molecule has 0 unspecified atom stereocenters.